The molecule has 1 aromatic heterocycles. The second kappa shape index (κ2) is 7.78. The van der Waals surface area contributed by atoms with E-state index in [1.807, 2.05) is 0 Å². The molecule has 24 heavy (non-hydrogen) atoms. The standard InChI is InChI=1S/C16H15BrN2O5/c1-19-7-3-4-13(19)15(21)18-14(20)9-24-16(22)11-8-10(23-2)5-6-12(11)17/h3-8H,9H2,1-2H3,(H,18,20,21). The molecule has 0 radical (unpaired) electrons. The van der Waals surface area contributed by atoms with Crippen molar-refractivity contribution in [2.24, 2.45) is 7.05 Å². The number of ether oxygens (including phenoxy) is 2. The number of methoxy groups -OCH3 is 1. The first-order valence-electron chi connectivity index (χ1n) is 6.88. The third-order valence-corrected chi connectivity index (χ3v) is 3.85. The predicted molar refractivity (Wildman–Crippen MR) is 88.9 cm³/mol. The highest BCUT2D eigenvalue weighted by molar-refractivity contribution is 9.10. The summed E-state index contributed by atoms with van der Waals surface area (Å²) in [5, 5.41) is 2.15. The van der Waals surface area contributed by atoms with Crippen LogP contribution in [0.25, 0.3) is 0 Å². The molecule has 0 spiro atoms. The molecule has 1 aromatic carbocycles. The summed E-state index contributed by atoms with van der Waals surface area (Å²) in [5.74, 6) is -1.50. The Bertz CT molecular complexity index is 785. The Morgan fingerprint density at radius 1 is 1.25 bits per heavy atom. The first-order chi connectivity index (χ1) is 11.4. The number of carbonyl (C=O) groups excluding carboxylic acids is 3. The van der Waals surface area contributed by atoms with E-state index in [-0.39, 0.29) is 5.56 Å². The molecular formula is C16H15BrN2O5. The van der Waals surface area contributed by atoms with Crippen LogP contribution in [0.3, 0.4) is 0 Å². The Balaban J connectivity index is 1.93. The van der Waals surface area contributed by atoms with Crippen LogP contribution in [0.1, 0.15) is 20.8 Å². The Labute approximate surface area is 146 Å². The van der Waals surface area contributed by atoms with Crippen LogP contribution in [0.2, 0.25) is 0 Å². The number of aryl methyl sites for hydroxylation is 1. The van der Waals surface area contributed by atoms with Crippen molar-refractivity contribution in [3.8, 4) is 5.75 Å². The molecule has 0 bridgehead atoms. The number of amides is 2. The number of halogens is 1. The first kappa shape index (κ1) is 17.7. The van der Waals surface area contributed by atoms with E-state index in [1.54, 1.807) is 42.1 Å². The second-order valence-corrected chi connectivity index (χ2v) is 5.66. The smallest absolute Gasteiger partial charge is 0.339 e. The largest absolute Gasteiger partial charge is 0.497 e. The highest BCUT2D eigenvalue weighted by Gasteiger charge is 2.17. The van der Waals surface area contributed by atoms with Gasteiger partial charge in [-0.3, -0.25) is 14.9 Å². The maximum atomic E-state index is 12.0. The van der Waals surface area contributed by atoms with Gasteiger partial charge in [-0.05, 0) is 46.3 Å². The number of carbonyl (C=O) groups is 3. The van der Waals surface area contributed by atoms with Crippen molar-refractivity contribution in [2.45, 2.75) is 0 Å². The zero-order valence-corrected chi connectivity index (χ0v) is 14.6. The quantitative estimate of drug-likeness (QED) is 0.782. The van der Waals surface area contributed by atoms with Crippen LogP contribution in [-0.2, 0) is 16.6 Å². The Hall–Kier alpha value is -2.61. The van der Waals surface area contributed by atoms with Crippen LogP contribution in [0.5, 0.6) is 5.75 Å². The van der Waals surface area contributed by atoms with Crippen molar-refractivity contribution < 1.29 is 23.9 Å². The van der Waals surface area contributed by atoms with Gasteiger partial charge in [-0.1, -0.05) is 0 Å². The minimum atomic E-state index is -0.714. The van der Waals surface area contributed by atoms with E-state index in [9.17, 15) is 14.4 Å². The number of esters is 1. The SMILES string of the molecule is COc1ccc(Br)c(C(=O)OCC(=O)NC(=O)c2cccn2C)c1. The van der Waals surface area contributed by atoms with E-state index < -0.39 is 24.4 Å². The van der Waals surface area contributed by atoms with Crippen molar-refractivity contribution in [3.63, 3.8) is 0 Å². The molecule has 2 amide bonds. The fourth-order valence-electron chi connectivity index (χ4n) is 1.92. The van der Waals surface area contributed by atoms with Gasteiger partial charge in [0.15, 0.2) is 6.61 Å². The van der Waals surface area contributed by atoms with E-state index in [0.717, 1.165) is 0 Å². The summed E-state index contributed by atoms with van der Waals surface area (Å²) in [7, 11) is 3.15. The minimum absolute atomic E-state index is 0.218. The van der Waals surface area contributed by atoms with Crippen LogP contribution in [0, 0.1) is 0 Å². The summed E-state index contributed by atoms with van der Waals surface area (Å²) in [4.78, 5) is 35.7. The Kier molecular flexibility index (Phi) is 5.75. The van der Waals surface area contributed by atoms with Gasteiger partial charge in [0, 0.05) is 17.7 Å². The minimum Gasteiger partial charge on any atom is -0.497 e. The number of nitrogens with zero attached hydrogens (tertiary/aromatic N) is 1. The Morgan fingerprint density at radius 2 is 2.00 bits per heavy atom. The highest BCUT2D eigenvalue weighted by atomic mass is 79.9. The lowest BCUT2D eigenvalue weighted by Crippen LogP contribution is -2.35. The molecule has 7 nitrogen and oxygen atoms in total. The number of benzene rings is 1. The van der Waals surface area contributed by atoms with Crippen molar-refractivity contribution in [2.75, 3.05) is 13.7 Å². The average Bonchev–Trinajstić information content (AvgIpc) is 2.99. The topological polar surface area (TPSA) is 86.6 Å². The lowest BCUT2D eigenvalue weighted by atomic mass is 10.2. The second-order valence-electron chi connectivity index (χ2n) is 4.80. The number of hydrogen-bond donors (Lipinski definition) is 1. The number of nitrogens with one attached hydrogen (secondary N) is 1. The number of imide groups is 1. The van der Waals surface area contributed by atoms with E-state index in [4.69, 9.17) is 9.47 Å². The van der Waals surface area contributed by atoms with Crippen molar-refractivity contribution in [1.29, 1.82) is 0 Å². The summed E-state index contributed by atoms with van der Waals surface area (Å²) in [6.45, 7) is -0.571. The van der Waals surface area contributed by atoms with E-state index in [2.05, 4.69) is 21.2 Å². The molecule has 0 atom stereocenters. The third-order valence-electron chi connectivity index (χ3n) is 3.16. The van der Waals surface area contributed by atoms with Crippen LogP contribution in [0.4, 0.5) is 0 Å². The van der Waals surface area contributed by atoms with Gasteiger partial charge in [0.25, 0.3) is 11.8 Å². The predicted octanol–water partition coefficient (Wildman–Crippen LogP) is 1.91. The number of hydrogen-bond acceptors (Lipinski definition) is 5. The van der Waals surface area contributed by atoms with Gasteiger partial charge >= 0.3 is 5.97 Å². The van der Waals surface area contributed by atoms with Crippen LogP contribution < -0.4 is 10.1 Å². The van der Waals surface area contributed by atoms with Gasteiger partial charge in [0.1, 0.15) is 11.4 Å². The average molecular weight is 395 g/mol. The van der Waals surface area contributed by atoms with Crippen LogP contribution in [-0.4, -0.2) is 36.1 Å². The van der Waals surface area contributed by atoms with Gasteiger partial charge < -0.3 is 14.0 Å². The monoisotopic (exact) mass is 394 g/mol. The first-order valence-corrected chi connectivity index (χ1v) is 7.68. The summed E-state index contributed by atoms with van der Waals surface area (Å²) >= 11 is 3.23. The summed E-state index contributed by atoms with van der Waals surface area (Å²) in [5.41, 5.74) is 0.543. The molecule has 0 fully saturated rings. The molecule has 0 aliphatic heterocycles. The molecule has 2 aromatic rings. The normalized spacial score (nSPS) is 10.1. The molecular weight excluding hydrogens is 380 g/mol. The van der Waals surface area contributed by atoms with Gasteiger partial charge in [0.2, 0.25) is 0 Å². The number of aromatic nitrogens is 1. The van der Waals surface area contributed by atoms with Gasteiger partial charge in [-0.25, -0.2) is 4.79 Å². The van der Waals surface area contributed by atoms with E-state index in [1.165, 1.54) is 13.2 Å². The molecule has 8 heteroatoms. The lowest BCUT2D eigenvalue weighted by Gasteiger charge is -2.08. The van der Waals surface area contributed by atoms with Crippen molar-refractivity contribution in [3.05, 3.63) is 52.3 Å². The Morgan fingerprint density at radius 3 is 2.62 bits per heavy atom. The zero-order chi connectivity index (χ0) is 17.7. The van der Waals surface area contributed by atoms with Crippen molar-refractivity contribution in [1.82, 2.24) is 9.88 Å². The van der Waals surface area contributed by atoms with Gasteiger partial charge in [-0.2, -0.15) is 0 Å². The lowest BCUT2D eigenvalue weighted by molar-refractivity contribution is -0.123. The highest BCUT2D eigenvalue weighted by Crippen LogP contribution is 2.23. The van der Waals surface area contributed by atoms with Crippen LogP contribution in [0.15, 0.2) is 41.0 Å². The molecule has 0 unspecified atom stereocenters. The van der Waals surface area contributed by atoms with E-state index >= 15 is 0 Å². The van der Waals surface area contributed by atoms with E-state index in [0.29, 0.717) is 15.9 Å². The molecule has 0 aliphatic carbocycles. The molecule has 0 saturated carbocycles. The molecule has 1 heterocycles. The fourth-order valence-corrected chi connectivity index (χ4v) is 2.33. The molecule has 0 aliphatic rings. The number of rotatable bonds is 5. The summed E-state index contributed by atoms with van der Waals surface area (Å²) in [6.07, 6.45) is 1.68. The van der Waals surface area contributed by atoms with Gasteiger partial charge in [-0.15, -0.1) is 0 Å². The zero-order valence-electron chi connectivity index (χ0n) is 13.0. The maximum Gasteiger partial charge on any atom is 0.339 e. The molecule has 0 saturated heterocycles. The molecule has 126 valence electrons. The maximum absolute atomic E-state index is 12.0. The van der Waals surface area contributed by atoms with Gasteiger partial charge in [0.05, 0.1) is 12.7 Å². The fraction of sp³-hybridized carbons (Fsp3) is 0.188. The molecule has 2 rings (SSSR count). The summed E-state index contributed by atoms with van der Waals surface area (Å²) < 4.78 is 12.0. The third kappa shape index (κ3) is 4.23. The van der Waals surface area contributed by atoms with Crippen LogP contribution >= 0.6 is 15.9 Å². The summed E-state index contributed by atoms with van der Waals surface area (Å²) in [6, 6.07) is 8.04. The molecule has 1 N–H and O–H groups in total. The van der Waals surface area contributed by atoms with Crippen molar-refractivity contribution >= 4 is 33.7 Å².